The number of carbonyl (C=O) groups is 4. The van der Waals surface area contributed by atoms with Crippen LogP contribution in [-0.4, -0.2) is 136 Å². The SMILES string of the molecule is O=C(O)C(O)CO.O=C(O)C(O)CO.O=C(O)C(O)CO.O=C(O)C(O)CO.[Mn].[Ni]. The van der Waals surface area contributed by atoms with E-state index in [4.69, 9.17) is 61.3 Å². The molecule has 0 saturated carbocycles. The summed E-state index contributed by atoms with van der Waals surface area (Å²) in [5, 5.41) is 94.9. The van der Waals surface area contributed by atoms with Gasteiger partial charge >= 0.3 is 23.9 Å². The van der Waals surface area contributed by atoms with Crippen LogP contribution in [0.5, 0.6) is 0 Å². The molecule has 16 nitrogen and oxygen atoms in total. The van der Waals surface area contributed by atoms with Crippen LogP contribution in [0.4, 0.5) is 0 Å². The van der Waals surface area contributed by atoms with Crippen molar-refractivity contribution in [2.45, 2.75) is 24.4 Å². The van der Waals surface area contributed by atoms with Crippen LogP contribution in [0.2, 0.25) is 0 Å². The Kier molecular flexibility index (Phi) is 39.2. The topological polar surface area (TPSA) is 311 Å². The molecule has 0 aromatic heterocycles. The van der Waals surface area contributed by atoms with Crippen LogP contribution in [-0.2, 0) is 52.7 Å². The molecule has 0 heterocycles. The molecule has 0 spiro atoms. The molecule has 0 aliphatic carbocycles. The van der Waals surface area contributed by atoms with E-state index in [1.165, 1.54) is 0 Å². The van der Waals surface area contributed by atoms with E-state index in [-0.39, 0.29) is 33.6 Å². The molecule has 0 bridgehead atoms. The van der Waals surface area contributed by atoms with E-state index in [0.717, 1.165) is 0 Å². The van der Waals surface area contributed by atoms with Crippen molar-refractivity contribution in [3.8, 4) is 0 Å². The minimum absolute atomic E-state index is 0. The molecule has 4 atom stereocenters. The molecule has 0 fully saturated rings. The van der Waals surface area contributed by atoms with Crippen LogP contribution in [0.3, 0.4) is 0 Å². The second-order valence-electron chi connectivity index (χ2n) is 4.15. The summed E-state index contributed by atoms with van der Waals surface area (Å²) in [6, 6.07) is 0. The summed E-state index contributed by atoms with van der Waals surface area (Å²) in [6.45, 7) is -2.91. The third kappa shape index (κ3) is 34.1. The van der Waals surface area contributed by atoms with Gasteiger partial charge in [0.15, 0.2) is 24.4 Å². The maximum atomic E-state index is 9.52. The molecular formula is C12H24MnNiO16. The average molecular weight is 538 g/mol. The summed E-state index contributed by atoms with van der Waals surface area (Å²) in [5.74, 6) is -5.60. The number of hydrogen-bond acceptors (Lipinski definition) is 12. The first-order valence-corrected chi connectivity index (χ1v) is 6.80. The molecule has 0 rings (SSSR count). The monoisotopic (exact) mass is 537 g/mol. The molecule has 30 heavy (non-hydrogen) atoms. The Hall–Kier alpha value is -1.43. The number of carboxylic acids is 4. The molecule has 0 aromatic rings. The van der Waals surface area contributed by atoms with Gasteiger partial charge in [-0.05, 0) is 0 Å². The summed E-state index contributed by atoms with van der Waals surface area (Å²) in [7, 11) is 0. The third-order valence-electron chi connectivity index (χ3n) is 1.83. The van der Waals surface area contributed by atoms with Crippen molar-refractivity contribution in [1.29, 1.82) is 0 Å². The molecule has 0 aromatic carbocycles. The molecule has 12 N–H and O–H groups in total. The van der Waals surface area contributed by atoms with Gasteiger partial charge in [-0.3, -0.25) is 0 Å². The van der Waals surface area contributed by atoms with Gasteiger partial charge in [0.25, 0.3) is 0 Å². The second-order valence-corrected chi connectivity index (χ2v) is 4.15. The second kappa shape index (κ2) is 27.6. The first kappa shape index (κ1) is 42.6. The van der Waals surface area contributed by atoms with Gasteiger partial charge in [-0.2, -0.15) is 0 Å². The van der Waals surface area contributed by atoms with Gasteiger partial charge < -0.3 is 61.3 Å². The fourth-order valence-corrected chi connectivity index (χ4v) is 0.312. The van der Waals surface area contributed by atoms with Crippen LogP contribution in [0.1, 0.15) is 0 Å². The zero-order valence-corrected chi connectivity index (χ0v) is 17.0. The standard InChI is InChI=1S/4C3H6O4.Mn.Ni/c4*4-1-2(5)3(6)7;;/h4*2,4-5H,1H2,(H,6,7);;. The van der Waals surface area contributed by atoms with Crippen molar-refractivity contribution in [2.24, 2.45) is 0 Å². The Morgan fingerprint density at radius 1 is 0.467 bits per heavy atom. The molecule has 18 heteroatoms. The molecule has 0 aliphatic heterocycles. The summed E-state index contributed by atoms with van der Waals surface area (Å²) >= 11 is 0. The maximum Gasteiger partial charge on any atom is 0.334 e. The summed E-state index contributed by atoms with van der Waals surface area (Å²) in [6.07, 6.45) is -6.50. The number of hydrogen-bond donors (Lipinski definition) is 12. The first-order chi connectivity index (χ1) is 12.7. The number of aliphatic hydroxyl groups excluding tert-OH is 8. The van der Waals surface area contributed by atoms with E-state index < -0.39 is 74.7 Å². The molecule has 185 valence electrons. The third-order valence-corrected chi connectivity index (χ3v) is 1.83. The van der Waals surface area contributed by atoms with Crippen LogP contribution < -0.4 is 0 Å². The molecule has 1 radical (unpaired) electrons. The molecule has 0 aliphatic rings. The van der Waals surface area contributed by atoms with Crippen molar-refractivity contribution in [3.63, 3.8) is 0 Å². The van der Waals surface area contributed by atoms with Crippen LogP contribution in [0.15, 0.2) is 0 Å². The van der Waals surface area contributed by atoms with Crippen LogP contribution in [0.25, 0.3) is 0 Å². The number of aliphatic carboxylic acids is 4. The van der Waals surface area contributed by atoms with Crippen LogP contribution >= 0.6 is 0 Å². The number of carboxylic acid groups (broad SMARTS) is 4. The smallest absolute Gasteiger partial charge is 0.334 e. The number of rotatable bonds is 8. The Morgan fingerprint density at radius 2 is 0.567 bits per heavy atom. The zero-order valence-electron chi connectivity index (χ0n) is 14.8. The van der Waals surface area contributed by atoms with Gasteiger partial charge in [-0.25, -0.2) is 19.2 Å². The minimum atomic E-state index is -1.63. The van der Waals surface area contributed by atoms with Crippen molar-refractivity contribution in [3.05, 3.63) is 0 Å². The Labute approximate surface area is 189 Å². The molecule has 4 unspecified atom stereocenters. The van der Waals surface area contributed by atoms with E-state index in [1.807, 2.05) is 0 Å². The van der Waals surface area contributed by atoms with E-state index in [1.54, 1.807) is 0 Å². The first-order valence-electron chi connectivity index (χ1n) is 6.80. The average Bonchev–Trinajstić information content (AvgIpc) is 2.66. The van der Waals surface area contributed by atoms with E-state index in [0.29, 0.717) is 0 Å². The van der Waals surface area contributed by atoms with E-state index in [9.17, 15) is 19.2 Å². The van der Waals surface area contributed by atoms with Gasteiger partial charge in [0.1, 0.15) is 0 Å². The van der Waals surface area contributed by atoms with Crippen molar-refractivity contribution in [2.75, 3.05) is 26.4 Å². The quantitative estimate of drug-likeness (QED) is 0.128. The van der Waals surface area contributed by atoms with Gasteiger partial charge in [-0.1, -0.05) is 0 Å². The van der Waals surface area contributed by atoms with Gasteiger partial charge in [0.2, 0.25) is 0 Å². The summed E-state index contributed by atoms with van der Waals surface area (Å²) in [5.41, 5.74) is 0. The van der Waals surface area contributed by atoms with Gasteiger partial charge in [-0.15, -0.1) is 0 Å². The van der Waals surface area contributed by atoms with Gasteiger partial charge in [0.05, 0.1) is 26.4 Å². The van der Waals surface area contributed by atoms with Crippen LogP contribution in [0, 0.1) is 0 Å². The summed E-state index contributed by atoms with van der Waals surface area (Å²) < 4.78 is 0. The summed E-state index contributed by atoms with van der Waals surface area (Å²) in [4.78, 5) is 38.1. The fraction of sp³-hybridized carbons (Fsp3) is 0.667. The largest absolute Gasteiger partial charge is 0.479 e. The van der Waals surface area contributed by atoms with E-state index >= 15 is 0 Å². The Bertz CT molecular complexity index is 370. The fourth-order valence-electron chi connectivity index (χ4n) is 0.312. The van der Waals surface area contributed by atoms with Crippen molar-refractivity contribution >= 4 is 23.9 Å². The number of aliphatic hydroxyl groups is 8. The van der Waals surface area contributed by atoms with E-state index in [2.05, 4.69) is 0 Å². The zero-order chi connectivity index (χ0) is 23.4. The minimum Gasteiger partial charge on any atom is -0.479 e. The maximum absolute atomic E-state index is 9.52. The Morgan fingerprint density at radius 3 is 0.567 bits per heavy atom. The molecule has 0 saturated heterocycles. The normalized spacial score (nSPS) is 12.5. The predicted octanol–water partition coefficient (Wildman–Crippen LogP) is -6.31. The predicted molar refractivity (Wildman–Crippen MR) is 82.9 cm³/mol. The van der Waals surface area contributed by atoms with Crippen molar-refractivity contribution < 1.29 is 114 Å². The van der Waals surface area contributed by atoms with Crippen molar-refractivity contribution in [1.82, 2.24) is 0 Å². The Balaban J connectivity index is -0.0000000626. The molecule has 0 amide bonds. The molecular weight excluding hydrogens is 514 g/mol. The van der Waals surface area contributed by atoms with Gasteiger partial charge in [0, 0.05) is 33.6 Å².